The number of nitrogens with one attached hydrogen (secondary N) is 2. The number of hydrogen-bond acceptors (Lipinski definition) is 4. The Kier molecular flexibility index (Phi) is 6.93. The molecule has 1 rings (SSSR count). The maximum Gasteiger partial charge on any atom is 0.191 e. The van der Waals surface area contributed by atoms with Gasteiger partial charge in [0.1, 0.15) is 9.84 Å². The van der Waals surface area contributed by atoms with Crippen LogP contribution in [0.1, 0.15) is 33.1 Å². The first-order valence-corrected chi connectivity index (χ1v) is 9.52. The fourth-order valence-electron chi connectivity index (χ4n) is 2.11. The molecular weight excluding hydrogens is 290 g/mol. The molecule has 1 fully saturated rings. The lowest BCUT2D eigenvalue weighted by Gasteiger charge is -2.26. The third kappa shape index (κ3) is 8.26. The van der Waals surface area contributed by atoms with E-state index in [1.807, 2.05) is 0 Å². The summed E-state index contributed by atoms with van der Waals surface area (Å²) in [6.45, 7) is 6.38. The average Bonchev–Trinajstić information content (AvgIpc) is 2.89. The molecular formula is C14H29N3O3S. The smallest absolute Gasteiger partial charge is 0.191 e. The zero-order chi connectivity index (χ0) is 15.9. The number of aliphatic imine (C=N–C) groups is 1. The predicted molar refractivity (Wildman–Crippen MR) is 86.4 cm³/mol. The highest BCUT2D eigenvalue weighted by atomic mass is 32.2. The van der Waals surface area contributed by atoms with E-state index in [1.165, 1.54) is 6.26 Å². The summed E-state index contributed by atoms with van der Waals surface area (Å²) in [5.41, 5.74) is -0.107. The number of ether oxygens (including phenoxy) is 1. The van der Waals surface area contributed by atoms with Crippen LogP contribution in [-0.2, 0) is 14.6 Å². The van der Waals surface area contributed by atoms with Gasteiger partial charge in [-0.2, -0.15) is 0 Å². The molecule has 1 atom stereocenters. The monoisotopic (exact) mass is 319 g/mol. The largest absolute Gasteiger partial charge is 0.376 e. The van der Waals surface area contributed by atoms with E-state index in [-0.39, 0.29) is 17.3 Å². The molecule has 0 bridgehead atoms. The highest BCUT2D eigenvalue weighted by Crippen LogP contribution is 2.19. The van der Waals surface area contributed by atoms with Crippen LogP contribution in [0, 0.1) is 5.41 Å². The Hall–Kier alpha value is -0.820. The van der Waals surface area contributed by atoms with Crippen LogP contribution in [0.2, 0.25) is 0 Å². The highest BCUT2D eigenvalue weighted by Gasteiger charge is 2.21. The van der Waals surface area contributed by atoms with Gasteiger partial charge in [0.05, 0.1) is 11.9 Å². The Morgan fingerprint density at radius 1 is 1.38 bits per heavy atom. The molecule has 21 heavy (non-hydrogen) atoms. The van der Waals surface area contributed by atoms with Crippen LogP contribution < -0.4 is 10.6 Å². The molecule has 1 heterocycles. The summed E-state index contributed by atoms with van der Waals surface area (Å²) in [5.74, 6) is 0.946. The summed E-state index contributed by atoms with van der Waals surface area (Å²) < 4.78 is 28.1. The lowest BCUT2D eigenvalue weighted by atomic mass is 9.90. The van der Waals surface area contributed by atoms with Gasteiger partial charge < -0.3 is 15.4 Å². The van der Waals surface area contributed by atoms with Crippen molar-refractivity contribution in [2.24, 2.45) is 10.4 Å². The normalized spacial score (nSPS) is 20.6. The van der Waals surface area contributed by atoms with Gasteiger partial charge in [0, 0.05) is 33.0 Å². The Morgan fingerprint density at radius 3 is 2.62 bits per heavy atom. The van der Waals surface area contributed by atoms with Crippen LogP contribution in [0.15, 0.2) is 4.99 Å². The van der Waals surface area contributed by atoms with Gasteiger partial charge in [0.2, 0.25) is 0 Å². The molecule has 1 aliphatic rings. The molecule has 1 aliphatic heterocycles. The molecule has 7 heteroatoms. The number of nitrogens with zero attached hydrogens (tertiary/aromatic N) is 1. The summed E-state index contributed by atoms with van der Waals surface area (Å²) in [6, 6.07) is 0. The molecule has 0 aromatic heterocycles. The summed E-state index contributed by atoms with van der Waals surface area (Å²) in [5, 5.41) is 6.51. The molecule has 0 radical (unpaired) electrons. The lowest BCUT2D eigenvalue weighted by Crippen LogP contribution is -2.44. The van der Waals surface area contributed by atoms with E-state index in [2.05, 4.69) is 29.5 Å². The van der Waals surface area contributed by atoms with Crippen LogP contribution in [-0.4, -0.2) is 59.2 Å². The van der Waals surface area contributed by atoms with Gasteiger partial charge in [-0.1, -0.05) is 13.8 Å². The van der Waals surface area contributed by atoms with Crippen LogP contribution in [0.25, 0.3) is 0 Å². The number of sulfone groups is 1. The van der Waals surface area contributed by atoms with Crippen molar-refractivity contribution >= 4 is 15.8 Å². The SMILES string of the molecule is CN=C(NCC1CCCO1)NCC(C)(C)CCS(C)(=O)=O. The second-order valence-corrected chi connectivity index (χ2v) is 8.75. The van der Waals surface area contributed by atoms with Crippen LogP contribution in [0.4, 0.5) is 0 Å². The molecule has 6 nitrogen and oxygen atoms in total. The van der Waals surface area contributed by atoms with E-state index in [9.17, 15) is 8.42 Å². The van der Waals surface area contributed by atoms with Crippen LogP contribution in [0.5, 0.6) is 0 Å². The standard InChI is InChI=1S/C14H29N3O3S/c1-14(2,7-9-21(4,18)19)11-17-13(15-3)16-10-12-6-5-8-20-12/h12H,5-11H2,1-4H3,(H2,15,16,17). The van der Waals surface area contributed by atoms with Crippen molar-refractivity contribution in [3.8, 4) is 0 Å². The van der Waals surface area contributed by atoms with E-state index < -0.39 is 9.84 Å². The Labute approximate surface area is 128 Å². The van der Waals surface area contributed by atoms with E-state index >= 15 is 0 Å². The third-order valence-corrected chi connectivity index (χ3v) is 4.57. The topological polar surface area (TPSA) is 79.8 Å². The second kappa shape index (κ2) is 7.98. The van der Waals surface area contributed by atoms with Gasteiger partial charge in [0.25, 0.3) is 0 Å². The van der Waals surface area contributed by atoms with Gasteiger partial charge in [-0.3, -0.25) is 4.99 Å². The third-order valence-electron chi connectivity index (χ3n) is 3.63. The van der Waals surface area contributed by atoms with Crippen molar-refractivity contribution in [1.29, 1.82) is 0 Å². The Morgan fingerprint density at radius 2 is 2.10 bits per heavy atom. The van der Waals surface area contributed by atoms with Crippen molar-refractivity contribution < 1.29 is 13.2 Å². The summed E-state index contributed by atoms with van der Waals surface area (Å²) in [4.78, 5) is 4.18. The maximum absolute atomic E-state index is 11.3. The highest BCUT2D eigenvalue weighted by molar-refractivity contribution is 7.90. The van der Waals surface area contributed by atoms with Gasteiger partial charge in [-0.25, -0.2) is 8.42 Å². The van der Waals surface area contributed by atoms with Crippen molar-refractivity contribution in [3.63, 3.8) is 0 Å². The number of rotatable bonds is 7. The zero-order valence-corrected chi connectivity index (χ0v) is 14.4. The molecule has 124 valence electrons. The minimum absolute atomic E-state index is 0.107. The first kappa shape index (κ1) is 18.2. The Balaban J connectivity index is 2.32. The Bertz CT molecular complexity index is 440. The fraction of sp³-hybridized carbons (Fsp3) is 0.929. The summed E-state index contributed by atoms with van der Waals surface area (Å²) in [6.07, 6.45) is 4.38. The number of guanidine groups is 1. The van der Waals surface area contributed by atoms with Crippen LogP contribution >= 0.6 is 0 Å². The van der Waals surface area contributed by atoms with E-state index in [1.54, 1.807) is 7.05 Å². The maximum atomic E-state index is 11.3. The van der Waals surface area contributed by atoms with E-state index in [4.69, 9.17) is 4.74 Å². The molecule has 0 saturated carbocycles. The van der Waals surface area contributed by atoms with Gasteiger partial charge in [0.15, 0.2) is 5.96 Å². The first-order valence-electron chi connectivity index (χ1n) is 7.46. The van der Waals surface area contributed by atoms with E-state index in [0.717, 1.165) is 32.0 Å². The molecule has 0 amide bonds. The van der Waals surface area contributed by atoms with Gasteiger partial charge in [-0.15, -0.1) is 0 Å². The molecule has 1 unspecified atom stereocenters. The second-order valence-electron chi connectivity index (χ2n) is 6.49. The lowest BCUT2D eigenvalue weighted by molar-refractivity contribution is 0.113. The number of hydrogen-bond donors (Lipinski definition) is 2. The van der Waals surface area contributed by atoms with Crippen molar-refractivity contribution in [2.45, 2.75) is 39.2 Å². The predicted octanol–water partition coefficient (Wildman–Crippen LogP) is 0.791. The summed E-state index contributed by atoms with van der Waals surface area (Å²) >= 11 is 0. The minimum Gasteiger partial charge on any atom is -0.376 e. The molecule has 0 aromatic rings. The van der Waals surface area contributed by atoms with Crippen molar-refractivity contribution in [1.82, 2.24) is 10.6 Å². The average molecular weight is 319 g/mol. The van der Waals surface area contributed by atoms with Crippen LogP contribution in [0.3, 0.4) is 0 Å². The first-order chi connectivity index (χ1) is 9.72. The van der Waals surface area contributed by atoms with Crippen molar-refractivity contribution in [3.05, 3.63) is 0 Å². The molecule has 1 saturated heterocycles. The molecule has 0 spiro atoms. The minimum atomic E-state index is -2.91. The van der Waals surface area contributed by atoms with Gasteiger partial charge >= 0.3 is 0 Å². The molecule has 0 aromatic carbocycles. The summed E-state index contributed by atoms with van der Waals surface area (Å²) in [7, 11) is -1.18. The van der Waals surface area contributed by atoms with Crippen molar-refractivity contribution in [2.75, 3.05) is 38.8 Å². The zero-order valence-electron chi connectivity index (χ0n) is 13.6. The van der Waals surface area contributed by atoms with Gasteiger partial charge in [-0.05, 0) is 24.7 Å². The molecule has 2 N–H and O–H groups in total. The molecule has 0 aliphatic carbocycles. The van der Waals surface area contributed by atoms with E-state index in [0.29, 0.717) is 13.0 Å². The fourth-order valence-corrected chi connectivity index (χ4v) is 3.03. The quantitative estimate of drug-likeness (QED) is 0.536.